The Kier molecular flexibility index (Phi) is 6.07. The molecule has 1 fully saturated rings. The summed E-state index contributed by atoms with van der Waals surface area (Å²) < 4.78 is 5.34. The van der Waals surface area contributed by atoms with Crippen LogP contribution in [0.4, 0.5) is 16.2 Å². The summed E-state index contributed by atoms with van der Waals surface area (Å²) in [6.07, 6.45) is 0.996. The van der Waals surface area contributed by atoms with E-state index in [-0.39, 0.29) is 12.1 Å². The second-order valence-electron chi connectivity index (χ2n) is 6.97. The zero-order valence-electron chi connectivity index (χ0n) is 16.1. The predicted molar refractivity (Wildman–Crippen MR) is 114 cm³/mol. The lowest BCUT2D eigenvalue weighted by Crippen LogP contribution is -2.22. The van der Waals surface area contributed by atoms with Crippen molar-refractivity contribution in [2.75, 3.05) is 17.0 Å². The fraction of sp³-hybridized carbons (Fsp3) is 0.208. The first-order chi connectivity index (χ1) is 14.3. The van der Waals surface area contributed by atoms with Crippen LogP contribution in [0.15, 0.2) is 91.0 Å². The van der Waals surface area contributed by atoms with Crippen molar-refractivity contribution in [3.05, 3.63) is 96.6 Å². The minimum Gasteiger partial charge on any atom is -0.449 e. The normalized spacial score (nSPS) is 18.4. The largest absolute Gasteiger partial charge is 0.449 e. The fourth-order valence-electron chi connectivity index (χ4n) is 3.51. The smallest absolute Gasteiger partial charge is 0.411 e. The van der Waals surface area contributed by atoms with Crippen molar-refractivity contribution in [2.24, 2.45) is 0 Å². The molecule has 1 unspecified atom stereocenters. The molecule has 1 heterocycles. The lowest BCUT2D eigenvalue weighted by atomic mass is 10.00. The molecule has 1 aliphatic rings. The topological polar surface area (TPSA) is 50.8 Å². The number of hydroxylamine groups is 1. The van der Waals surface area contributed by atoms with Crippen LogP contribution < -0.4 is 10.4 Å². The second kappa shape index (κ2) is 9.26. The monoisotopic (exact) mass is 388 g/mol. The van der Waals surface area contributed by atoms with Crippen molar-refractivity contribution in [1.82, 2.24) is 0 Å². The number of nitrogens with zero attached hydrogens (tertiary/aromatic N) is 1. The number of benzene rings is 3. The van der Waals surface area contributed by atoms with Gasteiger partial charge in [-0.15, -0.1) is 0 Å². The van der Waals surface area contributed by atoms with E-state index in [9.17, 15) is 4.79 Å². The number of hydrogen-bond donors (Lipinski definition) is 1. The van der Waals surface area contributed by atoms with E-state index in [0.29, 0.717) is 18.7 Å². The van der Waals surface area contributed by atoms with E-state index in [1.54, 1.807) is 0 Å². The van der Waals surface area contributed by atoms with Gasteiger partial charge in [-0.25, -0.2) is 9.86 Å². The molecule has 2 atom stereocenters. The summed E-state index contributed by atoms with van der Waals surface area (Å²) in [5, 5.41) is 4.70. The zero-order valence-corrected chi connectivity index (χ0v) is 16.1. The maximum absolute atomic E-state index is 12.0. The van der Waals surface area contributed by atoms with Gasteiger partial charge in [0, 0.05) is 18.5 Å². The summed E-state index contributed by atoms with van der Waals surface area (Å²) in [5.74, 6) is 0. The van der Waals surface area contributed by atoms with Crippen molar-refractivity contribution in [3.8, 4) is 0 Å². The van der Waals surface area contributed by atoms with E-state index < -0.39 is 6.09 Å². The Morgan fingerprint density at radius 3 is 2.24 bits per heavy atom. The number of amides is 1. The average Bonchev–Trinajstić information content (AvgIpc) is 3.20. The number of rotatable bonds is 6. The molecule has 0 spiro atoms. The molecule has 1 amide bonds. The van der Waals surface area contributed by atoms with Crippen LogP contribution >= 0.6 is 0 Å². The van der Waals surface area contributed by atoms with Crippen LogP contribution in [0.25, 0.3) is 0 Å². The standard InChI is InChI=1S/C24H24N2O3/c27-24(25-20-12-6-2-7-13-20)28-17-16-22-18-23(19-10-4-1-5-11-19)26(29-22)21-14-8-3-9-15-21/h1-15,22-23H,16-18H2,(H,25,27)/t22?,23-/m0/s1. The predicted octanol–water partition coefficient (Wildman–Crippen LogP) is 5.58. The highest BCUT2D eigenvalue weighted by molar-refractivity contribution is 5.84. The van der Waals surface area contributed by atoms with Crippen molar-refractivity contribution in [2.45, 2.75) is 25.0 Å². The van der Waals surface area contributed by atoms with E-state index in [0.717, 1.165) is 12.1 Å². The number of carbonyl (C=O) groups is 1. The molecule has 0 aromatic heterocycles. The van der Waals surface area contributed by atoms with Gasteiger partial charge in [-0.3, -0.25) is 10.2 Å². The van der Waals surface area contributed by atoms with Gasteiger partial charge < -0.3 is 4.74 Å². The molecule has 0 saturated carbocycles. The first-order valence-corrected chi connectivity index (χ1v) is 9.84. The Hall–Kier alpha value is -3.31. The van der Waals surface area contributed by atoms with Crippen LogP contribution in [0.2, 0.25) is 0 Å². The molecular weight excluding hydrogens is 364 g/mol. The van der Waals surface area contributed by atoms with E-state index in [1.165, 1.54) is 5.56 Å². The molecule has 1 N–H and O–H groups in total. The maximum atomic E-state index is 12.0. The molecule has 0 aliphatic carbocycles. The highest BCUT2D eigenvalue weighted by Gasteiger charge is 2.34. The lowest BCUT2D eigenvalue weighted by Gasteiger charge is -2.25. The van der Waals surface area contributed by atoms with Crippen LogP contribution in [0.5, 0.6) is 0 Å². The third kappa shape index (κ3) is 4.95. The van der Waals surface area contributed by atoms with Gasteiger partial charge in [-0.2, -0.15) is 0 Å². The average molecular weight is 388 g/mol. The lowest BCUT2D eigenvalue weighted by molar-refractivity contribution is 0.0603. The van der Waals surface area contributed by atoms with Crippen LogP contribution in [0.3, 0.4) is 0 Å². The number of carbonyl (C=O) groups excluding carboxylic acids is 1. The molecule has 0 radical (unpaired) electrons. The van der Waals surface area contributed by atoms with E-state index in [4.69, 9.17) is 9.57 Å². The molecule has 3 aromatic rings. The molecule has 5 heteroatoms. The molecular formula is C24H24N2O3. The number of nitrogens with one attached hydrogen (secondary N) is 1. The molecule has 5 nitrogen and oxygen atoms in total. The second-order valence-corrected chi connectivity index (χ2v) is 6.97. The molecule has 29 heavy (non-hydrogen) atoms. The summed E-state index contributed by atoms with van der Waals surface area (Å²) in [6, 6.07) is 29.8. The van der Waals surface area contributed by atoms with Crippen molar-refractivity contribution >= 4 is 17.5 Å². The fourth-order valence-corrected chi connectivity index (χ4v) is 3.51. The van der Waals surface area contributed by atoms with Gasteiger partial charge in [0.15, 0.2) is 0 Å². The SMILES string of the molecule is O=C(Nc1ccccc1)OCCC1C[C@@H](c2ccccc2)N(c2ccccc2)O1. The highest BCUT2D eigenvalue weighted by atomic mass is 16.7. The first-order valence-electron chi connectivity index (χ1n) is 9.84. The third-order valence-electron chi connectivity index (χ3n) is 4.92. The zero-order chi connectivity index (χ0) is 19.9. The van der Waals surface area contributed by atoms with Gasteiger partial charge >= 0.3 is 6.09 Å². The van der Waals surface area contributed by atoms with Gasteiger partial charge in [0.05, 0.1) is 24.4 Å². The summed E-state index contributed by atoms with van der Waals surface area (Å²) >= 11 is 0. The molecule has 4 rings (SSSR count). The minimum atomic E-state index is -0.450. The molecule has 1 aliphatic heterocycles. The Balaban J connectivity index is 1.35. The van der Waals surface area contributed by atoms with E-state index in [1.807, 2.05) is 83.9 Å². The Labute approximate surface area is 170 Å². The Bertz CT molecular complexity index is 856. The number of anilines is 2. The molecule has 1 saturated heterocycles. The highest BCUT2D eigenvalue weighted by Crippen LogP contribution is 2.38. The van der Waals surface area contributed by atoms with Crippen molar-refractivity contribution < 1.29 is 14.4 Å². The van der Waals surface area contributed by atoms with Crippen LogP contribution in [-0.2, 0) is 9.57 Å². The van der Waals surface area contributed by atoms with Crippen molar-refractivity contribution in [1.29, 1.82) is 0 Å². The summed E-state index contributed by atoms with van der Waals surface area (Å²) in [7, 11) is 0. The number of ether oxygens (including phenoxy) is 1. The molecule has 3 aromatic carbocycles. The number of para-hydroxylation sites is 2. The van der Waals surface area contributed by atoms with Gasteiger partial charge in [0.25, 0.3) is 0 Å². The summed E-state index contributed by atoms with van der Waals surface area (Å²) in [4.78, 5) is 18.2. The molecule has 148 valence electrons. The Morgan fingerprint density at radius 1 is 0.931 bits per heavy atom. The minimum absolute atomic E-state index is 0.0232. The van der Waals surface area contributed by atoms with Gasteiger partial charge in [0.1, 0.15) is 0 Å². The van der Waals surface area contributed by atoms with E-state index >= 15 is 0 Å². The van der Waals surface area contributed by atoms with Crippen LogP contribution in [-0.4, -0.2) is 18.8 Å². The van der Waals surface area contributed by atoms with Gasteiger partial charge in [0.2, 0.25) is 0 Å². The Morgan fingerprint density at radius 2 is 1.55 bits per heavy atom. The molecule has 0 bridgehead atoms. The van der Waals surface area contributed by atoms with Gasteiger partial charge in [-0.1, -0.05) is 66.7 Å². The maximum Gasteiger partial charge on any atom is 0.411 e. The number of hydrogen-bond acceptors (Lipinski definition) is 4. The van der Waals surface area contributed by atoms with Crippen molar-refractivity contribution in [3.63, 3.8) is 0 Å². The van der Waals surface area contributed by atoms with Crippen LogP contribution in [0.1, 0.15) is 24.4 Å². The summed E-state index contributed by atoms with van der Waals surface area (Å²) in [6.45, 7) is 0.299. The van der Waals surface area contributed by atoms with Crippen LogP contribution in [0, 0.1) is 0 Å². The van der Waals surface area contributed by atoms with Gasteiger partial charge in [-0.05, 0) is 29.8 Å². The first kappa shape index (κ1) is 19.0. The quantitative estimate of drug-likeness (QED) is 0.599. The van der Waals surface area contributed by atoms with E-state index in [2.05, 4.69) is 17.4 Å². The third-order valence-corrected chi connectivity index (χ3v) is 4.92. The summed E-state index contributed by atoms with van der Waals surface area (Å²) in [5.41, 5.74) is 2.95.